The van der Waals surface area contributed by atoms with Crippen molar-refractivity contribution >= 4 is 34.9 Å². The van der Waals surface area contributed by atoms with Crippen LogP contribution in [0.1, 0.15) is 93.3 Å². The standard InChI is InChI=1S/C46H50N2/c1-33-19-24-40(48-43-18-11-9-15-37(43)28-30-45(48,4)5)32-41(33)46(6,7)38-16-12-13-35(31-38)21-20-34-22-25-39(26-23-34)47-42-17-10-8-14-36(42)27-29-44(47,2)3/h8-26,31-32H,27-30H2,1-7H3/b21-20+. The van der Waals surface area contributed by atoms with Crippen molar-refractivity contribution in [1.29, 1.82) is 0 Å². The highest BCUT2D eigenvalue weighted by molar-refractivity contribution is 5.75. The maximum atomic E-state index is 2.57. The van der Waals surface area contributed by atoms with Gasteiger partial charge in [0.15, 0.2) is 0 Å². The number of hydrogen-bond donors (Lipinski definition) is 0. The molecule has 0 unspecified atom stereocenters. The maximum Gasteiger partial charge on any atom is 0.0448 e. The highest BCUT2D eigenvalue weighted by Gasteiger charge is 2.35. The third kappa shape index (κ3) is 5.87. The Morgan fingerprint density at radius 2 is 1.10 bits per heavy atom. The third-order valence-electron chi connectivity index (χ3n) is 11.1. The summed E-state index contributed by atoms with van der Waals surface area (Å²) >= 11 is 0. The van der Waals surface area contributed by atoms with E-state index in [0.29, 0.717) is 0 Å². The van der Waals surface area contributed by atoms with Crippen LogP contribution >= 0.6 is 0 Å². The van der Waals surface area contributed by atoms with Gasteiger partial charge in [-0.15, -0.1) is 0 Å². The third-order valence-corrected chi connectivity index (χ3v) is 11.1. The number of nitrogens with zero attached hydrogens (tertiary/aromatic N) is 2. The molecule has 0 aromatic heterocycles. The molecule has 2 heterocycles. The number of hydrogen-bond acceptors (Lipinski definition) is 2. The van der Waals surface area contributed by atoms with E-state index in [2.05, 4.69) is 186 Å². The number of para-hydroxylation sites is 2. The van der Waals surface area contributed by atoms with Crippen molar-refractivity contribution in [1.82, 2.24) is 0 Å². The van der Waals surface area contributed by atoms with Gasteiger partial charge in [-0.1, -0.05) is 105 Å². The lowest BCUT2D eigenvalue weighted by Gasteiger charge is -2.45. The number of fused-ring (bicyclic) bond motifs is 2. The quantitative estimate of drug-likeness (QED) is 0.172. The first-order valence-electron chi connectivity index (χ1n) is 17.7. The molecule has 0 radical (unpaired) electrons. The van der Waals surface area contributed by atoms with Crippen LogP contribution in [0, 0.1) is 6.92 Å². The fraction of sp³-hybridized carbons (Fsp3) is 0.304. The summed E-state index contributed by atoms with van der Waals surface area (Å²) in [6.45, 7) is 16.5. The molecule has 48 heavy (non-hydrogen) atoms. The SMILES string of the molecule is Cc1ccc(N2c3ccccc3CCC2(C)C)cc1C(C)(C)c1cccc(/C=C/c2ccc(N3c4ccccc4CCC3(C)C)cc2)c1. The van der Waals surface area contributed by atoms with Crippen LogP contribution in [0.2, 0.25) is 0 Å². The van der Waals surface area contributed by atoms with E-state index in [-0.39, 0.29) is 16.5 Å². The molecule has 5 aromatic rings. The molecule has 2 heteroatoms. The molecule has 2 aliphatic heterocycles. The van der Waals surface area contributed by atoms with Crippen molar-refractivity contribution in [2.75, 3.05) is 9.80 Å². The summed E-state index contributed by atoms with van der Waals surface area (Å²) in [7, 11) is 0. The van der Waals surface area contributed by atoms with E-state index in [0.717, 1.165) is 25.7 Å². The molecule has 0 bridgehead atoms. The Morgan fingerprint density at radius 3 is 1.73 bits per heavy atom. The molecule has 0 saturated heterocycles. The Hall–Kier alpha value is -4.56. The molecule has 0 saturated carbocycles. The van der Waals surface area contributed by atoms with Crippen molar-refractivity contribution in [2.45, 2.75) is 90.6 Å². The Kier molecular flexibility index (Phi) is 8.10. The summed E-state index contributed by atoms with van der Waals surface area (Å²) in [4.78, 5) is 5.09. The van der Waals surface area contributed by atoms with Crippen LogP contribution in [0.15, 0.2) is 115 Å². The first-order chi connectivity index (χ1) is 22.9. The van der Waals surface area contributed by atoms with Crippen molar-refractivity contribution in [3.8, 4) is 0 Å². The minimum atomic E-state index is -0.164. The molecule has 0 fully saturated rings. The summed E-state index contributed by atoms with van der Waals surface area (Å²) in [5.41, 5.74) is 14.5. The van der Waals surface area contributed by atoms with E-state index >= 15 is 0 Å². The fourth-order valence-corrected chi connectivity index (χ4v) is 8.15. The predicted molar refractivity (Wildman–Crippen MR) is 207 cm³/mol. The zero-order valence-electron chi connectivity index (χ0n) is 29.8. The first-order valence-corrected chi connectivity index (χ1v) is 17.7. The van der Waals surface area contributed by atoms with Crippen molar-refractivity contribution in [2.24, 2.45) is 0 Å². The topological polar surface area (TPSA) is 6.48 Å². The number of rotatable bonds is 6. The van der Waals surface area contributed by atoms with Crippen LogP contribution in [0.25, 0.3) is 12.2 Å². The van der Waals surface area contributed by atoms with Gasteiger partial charge in [-0.2, -0.15) is 0 Å². The summed E-state index contributed by atoms with van der Waals surface area (Å²) in [6.07, 6.45) is 9.04. The normalized spacial score (nSPS) is 16.9. The van der Waals surface area contributed by atoms with Gasteiger partial charge in [-0.05, 0) is 136 Å². The largest absolute Gasteiger partial charge is 0.336 e. The monoisotopic (exact) mass is 630 g/mol. The van der Waals surface area contributed by atoms with Gasteiger partial charge in [-0.25, -0.2) is 0 Å². The predicted octanol–water partition coefficient (Wildman–Crippen LogP) is 12.2. The minimum Gasteiger partial charge on any atom is -0.336 e. The lowest BCUT2D eigenvalue weighted by atomic mass is 9.75. The Labute approximate surface area is 288 Å². The van der Waals surface area contributed by atoms with Gasteiger partial charge in [0.25, 0.3) is 0 Å². The molecule has 2 aliphatic rings. The second-order valence-electron chi connectivity index (χ2n) is 15.7. The van der Waals surface area contributed by atoms with E-state index in [4.69, 9.17) is 0 Å². The number of benzene rings is 5. The molecule has 0 amide bonds. The number of anilines is 4. The summed E-state index contributed by atoms with van der Waals surface area (Å²) in [5.74, 6) is 0. The summed E-state index contributed by atoms with van der Waals surface area (Å²) in [6, 6.07) is 43.0. The van der Waals surface area contributed by atoms with E-state index < -0.39 is 0 Å². The first kappa shape index (κ1) is 32.0. The Bertz CT molecular complexity index is 1970. The van der Waals surface area contributed by atoms with Gasteiger partial charge in [0.05, 0.1) is 0 Å². The Balaban J connectivity index is 1.15. The van der Waals surface area contributed by atoms with Gasteiger partial charge in [-0.3, -0.25) is 0 Å². The average molecular weight is 631 g/mol. The molecule has 0 N–H and O–H groups in total. The van der Waals surface area contributed by atoms with Crippen molar-refractivity contribution < 1.29 is 0 Å². The van der Waals surface area contributed by atoms with E-state index in [1.807, 2.05) is 0 Å². The zero-order chi connectivity index (χ0) is 33.7. The molecule has 244 valence electrons. The highest BCUT2D eigenvalue weighted by atomic mass is 15.2. The molecular formula is C46H50N2. The van der Waals surface area contributed by atoms with Crippen molar-refractivity contribution in [3.05, 3.63) is 154 Å². The lowest BCUT2D eigenvalue weighted by Crippen LogP contribution is -2.44. The lowest BCUT2D eigenvalue weighted by molar-refractivity contribution is 0.447. The molecule has 2 nitrogen and oxygen atoms in total. The van der Waals surface area contributed by atoms with Gasteiger partial charge < -0.3 is 9.80 Å². The van der Waals surface area contributed by atoms with Crippen LogP contribution in [-0.4, -0.2) is 11.1 Å². The smallest absolute Gasteiger partial charge is 0.0448 e. The molecule has 0 atom stereocenters. The summed E-state index contributed by atoms with van der Waals surface area (Å²) in [5, 5.41) is 0. The van der Waals surface area contributed by atoms with Gasteiger partial charge in [0.2, 0.25) is 0 Å². The van der Waals surface area contributed by atoms with Crippen LogP contribution in [0.5, 0.6) is 0 Å². The van der Waals surface area contributed by atoms with Crippen molar-refractivity contribution in [3.63, 3.8) is 0 Å². The number of aryl methyl sites for hydroxylation is 3. The van der Waals surface area contributed by atoms with E-state index in [9.17, 15) is 0 Å². The van der Waals surface area contributed by atoms with Gasteiger partial charge >= 0.3 is 0 Å². The summed E-state index contributed by atoms with van der Waals surface area (Å²) < 4.78 is 0. The van der Waals surface area contributed by atoms with Crippen LogP contribution in [-0.2, 0) is 18.3 Å². The van der Waals surface area contributed by atoms with Gasteiger partial charge in [0, 0.05) is 39.2 Å². The molecule has 0 aliphatic carbocycles. The van der Waals surface area contributed by atoms with Crippen LogP contribution in [0.4, 0.5) is 22.7 Å². The van der Waals surface area contributed by atoms with E-state index in [1.165, 1.54) is 61.7 Å². The Morgan fingerprint density at radius 1 is 0.562 bits per heavy atom. The van der Waals surface area contributed by atoms with Gasteiger partial charge in [0.1, 0.15) is 0 Å². The molecule has 0 spiro atoms. The minimum absolute atomic E-state index is 0.0441. The maximum absolute atomic E-state index is 2.57. The average Bonchev–Trinajstić information content (AvgIpc) is 3.07. The second-order valence-corrected chi connectivity index (χ2v) is 15.7. The molecule has 7 rings (SSSR count). The van der Waals surface area contributed by atoms with E-state index in [1.54, 1.807) is 0 Å². The van der Waals surface area contributed by atoms with Crippen LogP contribution < -0.4 is 9.80 Å². The molecule has 5 aromatic carbocycles. The second kappa shape index (κ2) is 12.2. The van der Waals surface area contributed by atoms with Crippen LogP contribution in [0.3, 0.4) is 0 Å². The zero-order valence-corrected chi connectivity index (χ0v) is 29.8. The highest BCUT2D eigenvalue weighted by Crippen LogP contribution is 2.45. The molecular weight excluding hydrogens is 581 g/mol. The fourth-order valence-electron chi connectivity index (χ4n) is 8.15.